The molecule has 0 bridgehead atoms. The van der Waals surface area contributed by atoms with Crippen LogP contribution in [0, 0.1) is 20.8 Å². The number of thiazole rings is 1. The van der Waals surface area contributed by atoms with Gasteiger partial charge in [0.05, 0.1) is 11.4 Å². The predicted octanol–water partition coefficient (Wildman–Crippen LogP) is 3.99. The Bertz CT molecular complexity index is 1070. The molecule has 2 aromatic heterocycles. The second-order valence-corrected chi connectivity index (χ2v) is 9.32. The van der Waals surface area contributed by atoms with E-state index in [0.717, 1.165) is 66.0 Å². The maximum atomic E-state index is 13.2. The van der Waals surface area contributed by atoms with Crippen LogP contribution in [0.2, 0.25) is 0 Å². The van der Waals surface area contributed by atoms with Gasteiger partial charge in [0.25, 0.3) is 5.91 Å². The number of hydrogen-bond acceptors (Lipinski definition) is 5. The Balaban J connectivity index is 1.41. The molecule has 3 heterocycles. The van der Waals surface area contributed by atoms with Gasteiger partial charge in [0, 0.05) is 56.6 Å². The first-order valence-corrected chi connectivity index (χ1v) is 11.8. The van der Waals surface area contributed by atoms with Gasteiger partial charge in [-0.1, -0.05) is 31.2 Å². The van der Waals surface area contributed by atoms with E-state index in [2.05, 4.69) is 55.0 Å². The Labute approximate surface area is 188 Å². The van der Waals surface area contributed by atoms with Crippen LogP contribution in [0.25, 0.3) is 10.6 Å². The third-order valence-corrected chi connectivity index (χ3v) is 7.49. The summed E-state index contributed by atoms with van der Waals surface area (Å²) in [5, 5.41) is 5.45. The van der Waals surface area contributed by atoms with Crippen LogP contribution in [-0.4, -0.2) is 56.7 Å². The molecule has 1 amide bonds. The Morgan fingerprint density at radius 2 is 1.71 bits per heavy atom. The molecule has 1 fully saturated rings. The normalized spacial score (nSPS) is 14.9. The fourth-order valence-corrected chi connectivity index (χ4v) is 5.16. The first kappa shape index (κ1) is 21.7. The van der Waals surface area contributed by atoms with E-state index in [-0.39, 0.29) is 5.91 Å². The molecule has 0 spiro atoms. The highest BCUT2D eigenvalue weighted by Gasteiger charge is 2.26. The molecule has 7 heteroatoms. The smallest absolute Gasteiger partial charge is 0.265 e. The number of piperazine rings is 1. The molecule has 1 aromatic carbocycles. The molecule has 31 heavy (non-hydrogen) atoms. The number of carbonyl (C=O) groups is 1. The predicted molar refractivity (Wildman–Crippen MR) is 126 cm³/mol. The van der Waals surface area contributed by atoms with Crippen LogP contribution >= 0.6 is 11.3 Å². The second-order valence-electron chi connectivity index (χ2n) is 8.33. The lowest BCUT2D eigenvalue weighted by Crippen LogP contribution is -2.48. The van der Waals surface area contributed by atoms with Crippen molar-refractivity contribution < 1.29 is 4.79 Å². The maximum Gasteiger partial charge on any atom is 0.265 e. The summed E-state index contributed by atoms with van der Waals surface area (Å²) in [5.74, 6) is 0.111. The molecule has 1 aliphatic heterocycles. The van der Waals surface area contributed by atoms with Gasteiger partial charge < -0.3 is 4.90 Å². The second kappa shape index (κ2) is 8.93. The number of aromatic nitrogens is 3. The zero-order valence-corrected chi connectivity index (χ0v) is 19.9. The van der Waals surface area contributed by atoms with Crippen molar-refractivity contribution in [1.29, 1.82) is 0 Å². The van der Waals surface area contributed by atoms with Crippen LogP contribution < -0.4 is 0 Å². The summed E-state index contributed by atoms with van der Waals surface area (Å²) in [5.41, 5.74) is 6.83. The lowest BCUT2D eigenvalue weighted by atomic mass is 10.1. The number of amides is 1. The van der Waals surface area contributed by atoms with Gasteiger partial charge in [-0.15, -0.1) is 11.3 Å². The van der Waals surface area contributed by atoms with E-state index in [9.17, 15) is 4.79 Å². The summed E-state index contributed by atoms with van der Waals surface area (Å²) in [6, 6.07) is 8.48. The van der Waals surface area contributed by atoms with E-state index in [1.807, 2.05) is 23.6 Å². The monoisotopic (exact) mass is 437 g/mol. The van der Waals surface area contributed by atoms with Crippen molar-refractivity contribution in [2.24, 2.45) is 7.05 Å². The minimum Gasteiger partial charge on any atom is -0.335 e. The summed E-state index contributed by atoms with van der Waals surface area (Å²) < 4.78 is 1.95. The largest absolute Gasteiger partial charge is 0.335 e. The third-order valence-electron chi connectivity index (χ3n) is 6.30. The zero-order valence-electron chi connectivity index (χ0n) is 19.1. The summed E-state index contributed by atoms with van der Waals surface area (Å²) in [6.07, 6.45) is 1.02. The minimum atomic E-state index is 0.111. The van der Waals surface area contributed by atoms with Gasteiger partial charge in [-0.25, -0.2) is 4.98 Å². The number of benzene rings is 1. The average Bonchev–Trinajstić information content (AvgIpc) is 3.28. The summed E-state index contributed by atoms with van der Waals surface area (Å²) in [4.78, 5) is 23.1. The van der Waals surface area contributed by atoms with Gasteiger partial charge in [-0.2, -0.15) is 5.10 Å². The maximum absolute atomic E-state index is 13.2. The number of aryl methyl sites for hydroxylation is 4. The van der Waals surface area contributed by atoms with Gasteiger partial charge in [0.1, 0.15) is 9.88 Å². The van der Waals surface area contributed by atoms with Gasteiger partial charge in [-0.3, -0.25) is 14.4 Å². The highest BCUT2D eigenvalue weighted by atomic mass is 32.1. The number of nitrogens with zero attached hydrogens (tertiary/aromatic N) is 5. The molecule has 1 saturated heterocycles. The minimum absolute atomic E-state index is 0.111. The van der Waals surface area contributed by atoms with E-state index >= 15 is 0 Å². The lowest BCUT2D eigenvalue weighted by molar-refractivity contribution is 0.0631. The Kier molecular flexibility index (Phi) is 6.25. The molecule has 4 rings (SSSR count). The quantitative estimate of drug-likeness (QED) is 0.606. The van der Waals surface area contributed by atoms with E-state index in [4.69, 9.17) is 4.98 Å². The summed E-state index contributed by atoms with van der Waals surface area (Å²) in [6.45, 7) is 12.4. The van der Waals surface area contributed by atoms with Gasteiger partial charge in [-0.05, 0) is 32.8 Å². The SMILES string of the molecule is CCc1ccc(-c2nc(C)c(C(=O)N3CCN(Cc4c(C)nn(C)c4C)CC3)s2)cc1. The average molecular weight is 438 g/mol. The van der Waals surface area contributed by atoms with E-state index in [1.54, 1.807) is 0 Å². The van der Waals surface area contributed by atoms with E-state index in [1.165, 1.54) is 28.2 Å². The van der Waals surface area contributed by atoms with E-state index in [0.29, 0.717) is 0 Å². The Morgan fingerprint density at radius 3 is 2.29 bits per heavy atom. The zero-order chi connectivity index (χ0) is 22.1. The van der Waals surface area contributed by atoms with Crippen LogP contribution in [-0.2, 0) is 20.0 Å². The van der Waals surface area contributed by atoms with Gasteiger partial charge in [0.2, 0.25) is 0 Å². The molecular formula is C24H31N5OS. The third kappa shape index (κ3) is 4.43. The first-order chi connectivity index (χ1) is 14.9. The Morgan fingerprint density at radius 1 is 1.03 bits per heavy atom. The Hall–Kier alpha value is -2.51. The van der Waals surface area contributed by atoms with Crippen LogP contribution in [0.3, 0.4) is 0 Å². The molecular weight excluding hydrogens is 406 g/mol. The number of carbonyl (C=O) groups excluding carboxylic acids is 1. The van der Waals surface area contributed by atoms with Gasteiger partial charge >= 0.3 is 0 Å². The molecule has 0 aliphatic carbocycles. The van der Waals surface area contributed by atoms with Crippen LogP contribution in [0.4, 0.5) is 0 Å². The van der Waals surface area contributed by atoms with Crippen molar-refractivity contribution in [2.45, 2.75) is 40.7 Å². The molecule has 3 aromatic rings. The fraction of sp³-hybridized carbons (Fsp3) is 0.458. The molecule has 0 radical (unpaired) electrons. The standard InChI is InChI=1S/C24H31N5OS/c1-6-19-7-9-20(10-8-19)23-25-17(3)22(31-23)24(30)29-13-11-28(12-14-29)15-21-16(2)26-27(5)18(21)4/h7-10H,6,11-15H2,1-5H3. The molecule has 0 N–H and O–H groups in total. The molecule has 1 aliphatic rings. The van der Waals surface area contributed by atoms with Crippen molar-refractivity contribution in [1.82, 2.24) is 24.6 Å². The summed E-state index contributed by atoms with van der Waals surface area (Å²) in [7, 11) is 1.99. The molecule has 164 valence electrons. The van der Waals surface area contributed by atoms with E-state index < -0.39 is 0 Å². The molecule has 0 saturated carbocycles. The van der Waals surface area contributed by atoms with Crippen LogP contribution in [0.15, 0.2) is 24.3 Å². The summed E-state index contributed by atoms with van der Waals surface area (Å²) >= 11 is 1.51. The fourth-order valence-electron chi connectivity index (χ4n) is 4.12. The van der Waals surface area contributed by atoms with Crippen molar-refractivity contribution in [3.05, 3.63) is 57.4 Å². The van der Waals surface area contributed by atoms with Crippen molar-refractivity contribution >= 4 is 17.2 Å². The molecule has 0 unspecified atom stereocenters. The number of rotatable bonds is 5. The van der Waals surface area contributed by atoms with Crippen molar-refractivity contribution in [3.63, 3.8) is 0 Å². The van der Waals surface area contributed by atoms with Crippen LogP contribution in [0.1, 0.15) is 44.8 Å². The molecule has 0 atom stereocenters. The first-order valence-electron chi connectivity index (χ1n) is 10.9. The highest BCUT2D eigenvalue weighted by Crippen LogP contribution is 2.29. The lowest BCUT2D eigenvalue weighted by Gasteiger charge is -2.34. The molecule has 6 nitrogen and oxygen atoms in total. The van der Waals surface area contributed by atoms with Crippen molar-refractivity contribution in [2.75, 3.05) is 26.2 Å². The van der Waals surface area contributed by atoms with Gasteiger partial charge in [0.15, 0.2) is 0 Å². The van der Waals surface area contributed by atoms with Crippen LogP contribution in [0.5, 0.6) is 0 Å². The van der Waals surface area contributed by atoms with Crippen molar-refractivity contribution in [3.8, 4) is 10.6 Å². The number of hydrogen-bond donors (Lipinski definition) is 0. The topological polar surface area (TPSA) is 54.3 Å². The highest BCUT2D eigenvalue weighted by molar-refractivity contribution is 7.17.